The van der Waals surface area contributed by atoms with Crippen LogP contribution in [0.15, 0.2) is 12.1 Å². The normalized spacial score (nSPS) is 22.2. The molecule has 1 atom stereocenters. The highest BCUT2D eigenvalue weighted by Crippen LogP contribution is 2.20. The Morgan fingerprint density at radius 1 is 1.47 bits per heavy atom. The summed E-state index contributed by atoms with van der Waals surface area (Å²) < 4.78 is 0. The Labute approximate surface area is 98.6 Å². The van der Waals surface area contributed by atoms with Crippen molar-refractivity contribution in [1.29, 1.82) is 0 Å². The van der Waals surface area contributed by atoms with Crippen molar-refractivity contribution >= 4 is 23.2 Å². The molecule has 1 aromatic rings. The Morgan fingerprint density at radius 2 is 2.27 bits per heavy atom. The zero-order chi connectivity index (χ0) is 10.8. The predicted molar refractivity (Wildman–Crippen MR) is 60.2 cm³/mol. The molecule has 0 aromatic carbocycles. The molecule has 5 heteroatoms. The molecule has 0 bridgehead atoms. The van der Waals surface area contributed by atoms with Crippen LogP contribution < -0.4 is 0 Å². The van der Waals surface area contributed by atoms with E-state index in [-0.39, 0.29) is 6.10 Å². The van der Waals surface area contributed by atoms with Gasteiger partial charge < -0.3 is 5.11 Å². The van der Waals surface area contributed by atoms with Crippen LogP contribution in [0.2, 0.25) is 10.2 Å². The number of β-amino-alcohol motifs (C(OH)–C–C–N with tert-alkyl or cyclic N) is 1. The molecule has 1 unspecified atom stereocenters. The molecule has 0 amide bonds. The summed E-state index contributed by atoms with van der Waals surface area (Å²) in [6.07, 6.45) is 0.598. The van der Waals surface area contributed by atoms with Crippen molar-refractivity contribution in [2.75, 3.05) is 13.1 Å². The van der Waals surface area contributed by atoms with Crippen molar-refractivity contribution in [2.24, 2.45) is 0 Å². The Kier molecular flexibility index (Phi) is 3.46. The fraction of sp³-hybridized carbons (Fsp3) is 0.500. The molecule has 1 aliphatic rings. The molecular formula is C10H12Cl2N2O. The molecule has 1 fully saturated rings. The number of rotatable bonds is 2. The summed E-state index contributed by atoms with van der Waals surface area (Å²) in [5.74, 6) is 0. The number of aromatic nitrogens is 1. The van der Waals surface area contributed by atoms with Gasteiger partial charge in [0.15, 0.2) is 0 Å². The minimum Gasteiger partial charge on any atom is -0.392 e. The minimum absolute atomic E-state index is 0.219. The molecule has 3 nitrogen and oxygen atoms in total. The zero-order valence-electron chi connectivity index (χ0n) is 8.16. The summed E-state index contributed by atoms with van der Waals surface area (Å²) in [7, 11) is 0. The van der Waals surface area contributed by atoms with Crippen molar-refractivity contribution in [3.05, 3.63) is 28.0 Å². The molecule has 2 rings (SSSR count). The van der Waals surface area contributed by atoms with Crippen LogP contribution in [0, 0.1) is 0 Å². The average molecular weight is 247 g/mol. The highest BCUT2D eigenvalue weighted by Gasteiger charge is 2.21. The fourth-order valence-corrected chi connectivity index (χ4v) is 2.07. The molecule has 1 saturated heterocycles. The number of hydrogen-bond donors (Lipinski definition) is 1. The predicted octanol–water partition coefficient (Wildman–Crippen LogP) is 1.96. The molecule has 0 saturated carbocycles. The molecule has 1 N–H and O–H groups in total. The highest BCUT2D eigenvalue weighted by molar-refractivity contribution is 6.32. The molecule has 1 aromatic heterocycles. The van der Waals surface area contributed by atoms with E-state index >= 15 is 0 Å². The molecule has 0 radical (unpaired) electrons. The number of aliphatic hydroxyl groups is 1. The Morgan fingerprint density at radius 3 is 2.93 bits per heavy atom. The van der Waals surface area contributed by atoms with Gasteiger partial charge in [0.25, 0.3) is 0 Å². The SMILES string of the molecule is OC1CCN(Cc2nc(Cl)ccc2Cl)C1. The van der Waals surface area contributed by atoms with Gasteiger partial charge in [0.2, 0.25) is 0 Å². The number of pyridine rings is 1. The van der Waals surface area contributed by atoms with Crippen molar-refractivity contribution in [3.8, 4) is 0 Å². The molecule has 82 valence electrons. The summed E-state index contributed by atoms with van der Waals surface area (Å²) in [4.78, 5) is 6.29. The van der Waals surface area contributed by atoms with Crippen molar-refractivity contribution in [3.63, 3.8) is 0 Å². The molecule has 15 heavy (non-hydrogen) atoms. The number of likely N-dealkylation sites (tertiary alicyclic amines) is 1. The first-order valence-electron chi connectivity index (χ1n) is 4.86. The maximum Gasteiger partial charge on any atom is 0.129 e. The minimum atomic E-state index is -0.219. The third kappa shape index (κ3) is 2.82. The maximum absolute atomic E-state index is 9.38. The second-order valence-corrected chi connectivity index (χ2v) is 4.53. The van der Waals surface area contributed by atoms with Crippen LogP contribution >= 0.6 is 23.2 Å². The van der Waals surface area contributed by atoms with Gasteiger partial charge in [0.1, 0.15) is 5.15 Å². The van der Waals surface area contributed by atoms with Crippen molar-refractivity contribution < 1.29 is 5.11 Å². The highest BCUT2D eigenvalue weighted by atomic mass is 35.5. The van der Waals surface area contributed by atoms with E-state index in [0.29, 0.717) is 23.3 Å². The Hall–Kier alpha value is -0.350. The van der Waals surface area contributed by atoms with E-state index < -0.39 is 0 Å². The van der Waals surface area contributed by atoms with E-state index in [2.05, 4.69) is 9.88 Å². The average Bonchev–Trinajstić information content (AvgIpc) is 2.58. The lowest BCUT2D eigenvalue weighted by Gasteiger charge is -2.14. The summed E-state index contributed by atoms with van der Waals surface area (Å²) in [6.45, 7) is 2.21. The first-order valence-corrected chi connectivity index (χ1v) is 5.62. The fourth-order valence-electron chi connectivity index (χ4n) is 1.74. The van der Waals surface area contributed by atoms with Crippen LogP contribution in [0.5, 0.6) is 0 Å². The van der Waals surface area contributed by atoms with Gasteiger partial charge in [-0.3, -0.25) is 4.90 Å². The lowest BCUT2D eigenvalue weighted by atomic mass is 10.3. The quantitative estimate of drug-likeness (QED) is 0.811. The van der Waals surface area contributed by atoms with Gasteiger partial charge in [-0.25, -0.2) is 4.98 Å². The van der Waals surface area contributed by atoms with Gasteiger partial charge in [0.05, 0.1) is 16.8 Å². The van der Waals surface area contributed by atoms with Gasteiger partial charge >= 0.3 is 0 Å². The Bertz CT molecular complexity index is 359. The zero-order valence-corrected chi connectivity index (χ0v) is 9.67. The summed E-state index contributed by atoms with van der Waals surface area (Å²) in [5, 5.41) is 10.5. The van der Waals surface area contributed by atoms with Crippen LogP contribution in [-0.2, 0) is 6.54 Å². The summed E-state index contributed by atoms with van der Waals surface area (Å²) in [5.41, 5.74) is 0.776. The maximum atomic E-state index is 9.38. The Balaban J connectivity index is 2.07. The number of hydrogen-bond acceptors (Lipinski definition) is 3. The summed E-state index contributed by atoms with van der Waals surface area (Å²) in [6, 6.07) is 3.42. The molecule has 2 heterocycles. The van der Waals surface area contributed by atoms with Gasteiger partial charge in [-0.2, -0.15) is 0 Å². The lowest BCUT2D eigenvalue weighted by molar-refractivity contribution is 0.174. The smallest absolute Gasteiger partial charge is 0.129 e. The van der Waals surface area contributed by atoms with Crippen LogP contribution in [0.25, 0.3) is 0 Å². The van der Waals surface area contributed by atoms with E-state index in [1.165, 1.54) is 0 Å². The molecule has 0 aliphatic carbocycles. The number of nitrogens with zero attached hydrogens (tertiary/aromatic N) is 2. The van der Waals surface area contributed by atoms with E-state index in [0.717, 1.165) is 18.7 Å². The monoisotopic (exact) mass is 246 g/mol. The third-order valence-corrected chi connectivity index (χ3v) is 3.06. The first-order chi connectivity index (χ1) is 7.15. The van der Waals surface area contributed by atoms with E-state index in [9.17, 15) is 5.11 Å². The van der Waals surface area contributed by atoms with Crippen LogP contribution in [0.4, 0.5) is 0 Å². The standard InChI is InChI=1S/C10H12Cl2N2O/c11-8-1-2-10(12)13-9(8)6-14-4-3-7(15)5-14/h1-2,7,15H,3-6H2. The van der Waals surface area contributed by atoms with Gasteiger partial charge in [-0.05, 0) is 18.6 Å². The van der Waals surface area contributed by atoms with Crippen LogP contribution in [-0.4, -0.2) is 34.2 Å². The summed E-state index contributed by atoms with van der Waals surface area (Å²) >= 11 is 11.8. The second kappa shape index (κ2) is 4.66. The van der Waals surface area contributed by atoms with Gasteiger partial charge in [-0.1, -0.05) is 23.2 Å². The molecular weight excluding hydrogens is 235 g/mol. The van der Waals surface area contributed by atoms with E-state index in [1.54, 1.807) is 12.1 Å². The van der Waals surface area contributed by atoms with Crippen molar-refractivity contribution in [1.82, 2.24) is 9.88 Å². The molecule has 0 spiro atoms. The molecule has 1 aliphatic heterocycles. The van der Waals surface area contributed by atoms with Gasteiger partial charge in [-0.15, -0.1) is 0 Å². The third-order valence-electron chi connectivity index (χ3n) is 2.51. The van der Waals surface area contributed by atoms with Gasteiger partial charge in [0, 0.05) is 19.6 Å². The number of aliphatic hydroxyl groups excluding tert-OH is 1. The first kappa shape index (κ1) is 11.1. The van der Waals surface area contributed by atoms with E-state index in [1.807, 2.05) is 0 Å². The topological polar surface area (TPSA) is 36.4 Å². The van der Waals surface area contributed by atoms with E-state index in [4.69, 9.17) is 23.2 Å². The number of halogens is 2. The van der Waals surface area contributed by atoms with Crippen LogP contribution in [0.1, 0.15) is 12.1 Å². The van der Waals surface area contributed by atoms with Crippen LogP contribution in [0.3, 0.4) is 0 Å². The second-order valence-electron chi connectivity index (χ2n) is 3.74. The largest absolute Gasteiger partial charge is 0.392 e. The lowest BCUT2D eigenvalue weighted by Crippen LogP contribution is -2.22. The van der Waals surface area contributed by atoms with Crippen molar-refractivity contribution in [2.45, 2.75) is 19.1 Å².